The summed E-state index contributed by atoms with van der Waals surface area (Å²) in [5, 5.41) is 4.84. The van der Waals surface area contributed by atoms with Gasteiger partial charge in [0.05, 0.1) is 11.0 Å². The highest BCUT2D eigenvalue weighted by molar-refractivity contribution is 6.30. The van der Waals surface area contributed by atoms with Crippen LogP contribution in [0.3, 0.4) is 0 Å². The number of hydrogen-bond acceptors (Lipinski definition) is 1. The van der Waals surface area contributed by atoms with Gasteiger partial charge in [-0.3, -0.25) is 4.79 Å². The van der Waals surface area contributed by atoms with Gasteiger partial charge in [-0.05, 0) is 76.0 Å². The van der Waals surface area contributed by atoms with Crippen LogP contribution in [0.15, 0.2) is 97.1 Å². The van der Waals surface area contributed by atoms with E-state index in [0.717, 1.165) is 32.9 Å². The molecule has 0 unspecified atom stereocenters. The van der Waals surface area contributed by atoms with Crippen molar-refractivity contribution in [1.29, 1.82) is 0 Å². The number of carbonyl (C=O) groups is 1. The van der Waals surface area contributed by atoms with E-state index in [-0.39, 0.29) is 0 Å². The Hall–Kier alpha value is -4.08. The van der Waals surface area contributed by atoms with Crippen LogP contribution >= 0.6 is 11.6 Å². The summed E-state index contributed by atoms with van der Waals surface area (Å²) in [6.45, 7) is 0.658. The summed E-state index contributed by atoms with van der Waals surface area (Å²) in [6, 6.07) is 35.9. The van der Waals surface area contributed by atoms with Gasteiger partial charge >= 0.3 is 0 Å². The van der Waals surface area contributed by atoms with Gasteiger partial charge in [0.1, 0.15) is 0 Å². The Bertz CT molecular complexity index is 1710. The van der Waals surface area contributed by atoms with Crippen LogP contribution in [0.25, 0.3) is 43.7 Å². The molecular weight excluding hydrogens is 440 g/mol. The van der Waals surface area contributed by atoms with Crippen molar-refractivity contribution in [3.8, 4) is 11.1 Å². The minimum Gasteiger partial charge on any atom is -0.366 e. The molecule has 0 fully saturated rings. The third-order valence-electron chi connectivity index (χ3n) is 6.39. The molecule has 6 aromatic rings. The van der Waals surface area contributed by atoms with Crippen LogP contribution in [0, 0.1) is 6.07 Å². The smallest absolute Gasteiger partial charge is 0.249 e. The quantitative estimate of drug-likeness (QED) is 0.297. The summed E-state index contributed by atoms with van der Waals surface area (Å²) in [4.78, 5) is 12.3. The molecule has 1 amide bonds. The fourth-order valence-corrected chi connectivity index (χ4v) is 4.89. The first-order valence-electron chi connectivity index (χ1n) is 11.1. The van der Waals surface area contributed by atoms with Gasteiger partial charge in [0.25, 0.3) is 0 Å². The van der Waals surface area contributed by atoms with Crippen LogP contribution in [0.1, 0.15) is 15.9 Å². The summed E-state index contributed by atoms with van der Waals surface area (Å²) in [5.74, 6) is -0.439. The zero-order chi connectivity index (χ0) is 23.2. The molecular formula is C30H20ClN2O. The molecule has 34 heavy (non-hydrogen) atoms. The lowest BCUT2D eigenvalue weighted by atomic mass is 10.0. The zero-order valence-corrected chi connectivity index (χ0v) is 19.0. The molecule has 6 rings (SSSR count). The number of hydrogen-bond donors (Lipinski definition) is 1. The van der Waals surface area contributed by atoms with Crippen LogP contribution < -0.4 is 5.73 Å². The Kier molecular flexibility index (Phi) is 4.86. The minimum atomic E-state index is -0.439. The maximum absolute atomic E-state index is 12.3. The molecule has 1 heterocycles. The number of aromatic nitrogens is 1. The van der Waals surface area contributed by atoms with Crippen molar-refractivity contribution in [3.63, 3.8) is 0 Å². The topological polar surface area (TPSA) is 48.0 Å². The van der Waals surface area contributed by atoms with Crippen molar-refractivity contribution >= 4 is 50.1 Å². The lowest BCUT2D eigenvalue weighted by molar-refractivity contribution is 0.100. The highest BCUT2D eigenvalue weighted by Crippen LogP contribution is 2.35. The Morgan fingerprint density at radius 2 is 1.62 bits per heavy atom. The van der Waals surface area contributed by atoms with Gasteiger partial charge in [-0.25, -0.2) is 0 Å². The van der Waals surface area contributed by atoms with Gasteiger partial charge in [-0.15, -0.1) is 0 Å². The van der Waals surface area contributed by atoms with Crippen molar-refractivity contribution in [1.82, 2.24) is 4.57 Å². The number of fused-ring (bicyclic) bond motifs is 4. The van der Waals surface area contributed by atoms with Crippen molar-refractivity contribution in [2.75, 3.05) is 0 Å². The third kappa shape index (κ3) is 3.42. The second-order valence-corrected chi connectivity index (χ2v) is 8.92. The fourth-order valence-electron chi connectivity index (χ4n) is 4.76. The number of benzene rings is 5. The van der Waals surface area contributed by atoms with E-state index in [1.54, 1.807) is 6.07 Å². The largest absolute Gasteiger partial charge is 0.366 e. The lowest BCUT2D eigenvalue weighted by Crippen LogP contribution is -2.11. The van der Waals surface area contributed by atoms with Gasteiger partial charge in [-0.2, -0.15) is 0 Å². The number of nitrogens with zero attached hydrogens (tertiary/aromatic N) is 1. The van der Waals surface area contributed by atoms with E-state index >= 15 is 0 Å². The molecule has 0 saturated heterocycles. The fraction of sp³-hybridized carbons (Fsp3) is 0.0333. The van der Waals surface area contributed by atoms with E-state index in [4.69, 9.17) is 17.3 Å². The molecule has 3 nitrogen and oxygen atoms in total. The number of amides is 1. The van der Waals surface area contributed by atoms with Crippen LogP contribution in [-0.4, -0.2) is 10.5 Å². The highest BCUT2D eigenvalue weighted by Gasteiger charge is 2.17. The molecule has 163 valence electrons. The molecule has 4 heteroatoms. The Morgan fingerprint density at radius 1 is 0.824 bits per heavy atom. The van der Waals surface area contributed by atoms with Gasteiger partial charge in [-0.1, -0.05) is 66.2 Å². The van der Waals surface area contributed by atoms with Gasteiger partial charge in [0, 0.05) is 27.9 Å². The van der Waals surface area contributed by atoms with Crippen molar-refractivity contribution in [3.05, 3.63) is 119 Å². The summed E-state index contributed by atoms with van der Waals surface area (Å²) in [6.07, 6.45) is 0. The summed E-state index contributed by atoms with van der Waals surface area (Å²) in [5.41, 5.74) is 11.5. The molecule has 5 aromatic carbocycles. The average Bonchev–Trinajstić information content (AvgIpc) is 3.17. The molecule has 0 bridgehead atoms. The second kappa shape index (κ2) is 8.05. The molecule has 1 aromatic heterocycles. The second-order valence-electron chi connectivity index (χ2n) is 8.49. The molecule has 0 aliphatic carbocycles. The number of primary amides is 1. The van der Waals surface area contributed by atoms with Crippen LogP contribution in [0.4, 0.5) is 0 Å². The predicted molar refractivity (Wildman–Crippen MR) is 140 cm³/mol. The average molecular weight is 460 g/mol. The molecule has 0 atom stereocenters. The first-order chi connectivity index (χ1) is 16.6. The molecule has 1 radical (unpaired) electrons. The SMILES string of the molecule is NC(=O)c1cccc2c1c1[c]cc(-c3ccc(Cl)cc3)cc1n2Cc1ccc2ccccc2c1. The molecule has 0 aliphatic rings. The maximum atomic E-state index is 12.3. The normalized spacial score (nSPS) is 11.4. The zero-order valence-electron chi connectivity index (χ0n) is 18.3. The Morgan fingerprint density at radius 3 is 2.41 bits per heavy atom. The Balaban J connectivity index is 1.60. The van der Waals surface area contributed by atoms with Gasteiger partial charge < -0.3 is 10.3 Å². The Labute approximate surface area is 202 Å². The van der Waals surface area contributed by atoms with E-state index in [9.17, 15) is 4.79 Å². The minimum absolute atomic E-state index is 0.439. The van der Waals surface area contributed by atoms with Gasteiger partial charge in [0.2, 0.25) is 5.91 Å². The number of halogens is 1. The number of carbonyl (C=O) groups excluding carboxylic acids is 1. The van der Waals surface area contributed by atoms with E-state index in [0.29, 0.717) is 17.1 Å². The highest BCUT2D eigenvalue weighted by atomic mass is 35.5. The van der Waals surface area contributed by atoms with Crippen molar-refractivity contribution in [2.45, 2.75) is 6.54 Å². The van der Waals surface area contributed by atoms with Crippen LogP contribution in [0.2, 0.25) is 5.02 Å². The predicted octanol–water partition coefficient (Wildman–Crippen LogP) is 7.22. The first-order valence-corrected chi connectivity index (χ1v) is 11.5. The summed E-state index contributed by atoms with van der Waals surface area (Å²) >= 11 is 6.10. The third-order valence-corrected chi connectivity index (χ3v) is 6.64. The molecule has 0 spiro atoms. The van der Waals surface area contributed by atoms with E-state index in [1.165, 1.54) is 16.3 Å². The van der Waals surface area contributed by atoms with Crippen LogP contribution in [-0.2, 0) is 6.54 Å². The van der Waals surface area contributed by atoms with E-state index < -0.39 is 5.91 Å². The summed E-state index contributed by atoms with van der Waals surface area (Å²) in [7, 11) is 0. The standard InChI is InChI=1S/C30H20ClN2O/c31-24-13-10-21(11-14-24)23-12-15-25-28(17-23)33(27-7-3-6-26(29(25)27)30(32)34)18-19-8-9-20-4-1-2-5-22(20)16-19/h1-14,16-17H,18H2,(H2,32,34). The number of rotatable bonds is 4. The first kappa shape index (κ1) is 20.5. The number of nitrogens with two attached hydrogens (primary N) is 1. The van der Waals surface area contributed by atoms with Gasteiger partial charge in [0.15, 0.2) is 0 Å². The van der Waals surface area contributed by atoms with Crippen LogP contribution in [0.5, 0.6) is 0 Å². The molecule has 2 N–H and O–H groups in total. The van der Waals surface area contributed by atoms with E-state index in [1.807, 2.05) is 42.5 Å². The maximum Gasteiger partial charge on any atom is 0.249 e. The van der Waals surface area contributed by atoms with Crippen molar-refractivity contribution < 1.29 is 4.79 Å². The molecule has 0 aliphatic heterocycles. The van der Waals surface area contributed by atoms with E-state index in [2.05, 4.69) is 59.2 Å². The van der Waals surface area contributed by atoms with Crippen molar-refractivity contribution in [2.24, 2.45) is 5.73 Å². The molecule has 0 saturated carbocycles. The lowest BCUT2D eigenvalue weighted by Gasteiger charge is -2.10. The summed E-state index contributed by atoms with van der Waals surface area (Å²) < 4.78 is 2.25. The monoisotopic (exact) mass is 459 g/mol.